The molecule has 1 N–H and O–H groups in total. The predicted octanol–water partition coefficient (Wildman–Crippen LogP) is 2.16. The van der Waals surface area contributed by atoms with Crippen molar-refractivity contribution in [3.05, 3.63) is 24.1 Å². The number of hydrogen-bond acceptors (Lipinski definition) is 3. The molecular weight excluding hydrogens is 231 g/mol. The van der Waals surface area contributed by atoms with Crippen LogP contribution in [0, 0.1) is 5.95 Å². The van der Waals surface area contributed by atoms with Gasteiger partial charge in [-0.2, -0.15) is 9.37 Å². The van der Waals surface area contributed by atoms with Crippen molar-refractivity contribution in [3.8, 4) is 5.88 Å². The fraction of sp³-hybridized carbons (Fsp3) is 0.545. The molecule has 2 rings (SSSR count). The van der Waals surface area contributed by atoms with Crippen molar-refractivity contribution in [2.24, 2.45) is 0 Å². The van der Waals surface area contributed by atoms with Gasteiger partial charge < -0.3 is 10.1 Å². The third-order valence-electron chi connectivity index (χ3n) is 2.48. The van der Waals surface area contributed by atoms with Crippen LogP contribution >= 0.6 is 12.4 Å². The van der Waals surface area contributed by atoms with Crippen LogP contribution in [0.3, 0.4) is 0 Å². The number of nitrogens with zero attached hydrogens (tertiary/aromatic N) is 1. The van der Waals surface area contributed by atoms with Crippen LogP contribution in [0.25, 0.3) is 0 Å². The average molecular weight is 247 g/mol. The summed E-state index contributed by atoms with van der Waals surface area (Å²) in [5.41, 5.74) is 0. The number of pyridine rings is 1. The van der Waals surface area contributed by atoms with Crippen LogP contribution < -0.4 is 10.1 Å². The number of rotatable bonds is 2. The maximum absolute atomic E-state index is 12.8. The SMILES string of the molecule is Cl.Fc1cccc(OC2CCCCNC2)n1. The van der Waals surface area contributed by atoms with Gasteiger partial charge in [-0.1, -0.05) is 6.07 Å². The Labute approximate surface area is 101 Å². The molecule has 5 heteroatoms. The summed E-state index contributed by atoms with van der Waals surface area (Å²) in [4.78, 5) is 3.68. The van der Waals surface area contributed by atoms with E-state index in [9.17, 15) is 4.39 Å². The van der Waals surface area contributed by atoms with Crippen LogP contribution in [0.4, 0.5) is 4.39 Å². The molecule has 1 aromatic heterocycles. The Morgan fingerprint density at radius 3 is 3.06 bits per heavy atom. The zero-order valence-electron chi connectivity index (χ0n) is 8.99. The molecule has 1 aliphatic heterocycles. The first kappa shape index (κ1) is 13.2. The second kappa shape index (κ2) is 6.66. The Kier molecular flexibility index (Phi) is 5.49. The molecule has 0 bridgehead atoms. The van der Waals surface area contributed by atoms with Crippen LogP contribution in [0.1, 0.15) is 19.3 Å². The Hall–Kier alpha value is -0.870. The summed E-state index contributed by atoms with van der Waals surface area (Å²) < 4.78 is 18.4. The summed E-state index contributed by atoms with van der Waals surface area (Å²) in [5.74, 6) is -0.113. The highest BCUT2D eigenvalue weighted by molar-refractivity contribution is 5.85. The summed E-state index contributed by atoms with van der Waals surface area (Å²) >= 11 is 0. The van der Waals surface area contributed by atoms with Gasteiger partial charge in [0.1, 0.15) is 6.10 Å². The van der Waals surface area contributed by atoms with Gasteiger partial charge >= 0.3 is 0 Å². The third-order valence-corrected chi connectivity index (χ3v) is 2.48. The smallest absolute Gasteiger partial charge is 0.216 e. The van der Waals surface area contributed by atoms with E-state index in [0.29, 0.717) is 5.88 Å². The molecule has 0 radical (unpaired) electrons. The molecule has 90 valence electrons. The summed E-state index contributed by atoms with van der Waals surface area (Å²) in [5, 5.41) is 3.29. The lowest BCUT2D eigenvalue weighted by atomic mass is 10.2. The summed E-state index contributed by atoms with van der Waals surface area (Å²) in [6.45, 7) is 1.86. The van der Waals surface area contributed by atoms with Crippen LogP contribution in [0.5, 0.6) is 5.88 Å². The summed E-state index contributed by atoms with van der Waals surface area (Å²) in [7, 11) is 0. The lowest BCUT2D eigenvalue weighted by Crippen LogP contribution is -2.29. The van der Waals surface area contributed by atoms with Gasteiger partial charge in [0.15, 0.2) is 0 Å². The Bertz CT molecular complexity index is 317. The minimum atomic E-state index is -0.492. The van der Waals surface area contributed by atoms with Crippen molar-refractivity contribution < 1.29 is 9.13 Å². The predicted molar refractivity (Wildman–Crippen MR) is 62.6 cm³/mol. The maximum Gasteiger partial charge on any atom is 0.216 e. The number of aromatic nitrogens is 1. The number of nitrogens with one attached hydrogen (secondary N) is 1. The van der Waals surface area contributed by atoms with Crippen molar-refractivity contribution in [1.82, 2.24) is 10.3 Å². The van der Waals surface area contributed by atoms with E-state index in [1.54, 1.807) is 12.1 Å². The van der Waals surface area contributed by atoms with Crippen LogP contribution in [-0.2, 0) is 0 Å². The lowest BCUT2D eigenvalue weighted by Gasteiger charge is -2.15. The van der Waals surface area contributed by atoms with Crippen molar-refractivity contribution in [3.63, 3.8) is 0 Å². The standard InChI is InChI=1S/C11H15FN2O.ClH/c12-10-5-3-6-11(14-10)15-9-4-1-2-7-13-8-9;/h3,5-6,9,13H,1-2,4,7-8H2;1H. The monoisotopic (exact) mass is 246 g/mol. The molecule has 1 unspecified atom stereocenters. The second-order valence-electron chi connectivity index (χ2n) is 3.74. The summed E-state index contributed by atoms with van der Waals surface area (Å²) in [6, 6.07) is 4.62. The summed E-state index contributed by atoms with van der Waals surface area (Å²) in [6.07, 6.45) is 3.44. The largest absolute Gasteiger partial charge is 0.473 e. The van der Waals surface area contributed by atoms with E-state index in [-0.39, 0.29) is 18.5 Å². The molecule has 0 spiro atoms. The van der Waals surface area contributed by atoms with Gasteiger partial charge in [0.05, 0.1) is 0 Å². The lowest BCUT2D eigenvalue weighted by molar-refractivity contribution is 0.184. The molecule has 1 aromatic rings. The molecule has 16 heavy (non-hydrogen) atoms. The highest BCUT2D eigenvalue weighted by Gasteiger charge is 2.13. The van der Waals surface area contributed by atoms with E-state index < -0.39 is 5.95 Å². The fourth-order valence-corrected chi connectivity index (χ4v) is 1.71. The maximum atomic E-state index is 12.8. The van der Waals surface area contributed by atoms with E-state index in [2.05, 4.69) is 10.3 Å². The quantitative estimate of drug-likeness (QED) is 0.812. The second-order valence-corrected chi connectivity index (χ2v) is 3.74. The van der Waals surface area contributed by atoms with Crippen molar-refractivity contribution in [2.45, 2.75) is 25.4 Å². The van der Waals surface area contributed by atoms with E-state index in [0.717, 1.165) is 25.9 Å². The molecule has 0 aromatic carbocycles. The van der Waals surface area contributed by atoms with E-state index in [1.807, 2.05) is 0 Å². The Morgan fingerprint density at radius 2 is 2.25 bits per heavy atom. The van der Waals surface area contributed by atoms with Crippen LogP contribution in [0.15, 0.2) is 18.2 Å². The highest BCUT2D eigenvalue weighted by atomic mass is 35.5. The molecule has 2 heterocycles. The van der Waals surface area contributed by atoms with Crippen molar-refractivity contribution in [1.29, 1.82) is 0 Å². The highest BCUT2D eigenvalue weighted by Crippen LogP contribution is 2.13. The van der Waals surface area contributed by atoms with Gasteiger partial charge in [-0.25, -0.2) is 0 Å². The molecule has 0 saturated carbocycles. The Balaban J connectivity index is 0.00000128. The van der Waals surface area contributed by atoms with Gasteiger partial charge in [-0.3, -0.25) is 0 Å². The van der Waals surface area contributed by atoms with E-state index in [4.69, 9.17) is 4.74 Å². The first-order valence-electron chi connectivity index (χ1n) is 5.34. The molecule has 1 atom stereocenters. The molecule has 1 saturated heterocycles. The van der Waals surface area contributed by atoms with E-state index >= 15 is 0 Å². The minimum Gasteiger partial charge on any atom is -0.473 e. The molecular formula is C11H16ClFN2O. The number of halogens is 2. The molecule has 3 nitrogen and oxygen atoms in total. The average Bonchev–Trinajstić information content (AvgIpc) is 2.46. The fourth-order valence-electron chi connectivity index (χ4n) is 1.71. The van der Waals surface area contributed by atoms with Crippen LogP contribution in [0.2, 0.25) is 0 Å². The first-order chi connectivity index (χ1) is 7.34. The van der Waals surface area contributed by atoms with Crippen molar-refractivity contribution >= 4 is 12.4 Å². The molecule has 1 fully saturated rings. The van der Waals surface area contributed by atoms with Gasteiger partial charge in [0, 0.05) is 12.6 Å². The number of ether oxygens (including phenoxy) is 1. The molecule has 0 amide bonds. The first-order valence-corrected chi connectivity index (χ1v) is 5.34. The van der Waals surface area contributed by atoms with Crippen LogP contribution in [-0.4, -0.2) is 24.2 Å². The van der Waals surface area contributed by atoms with Gasteiger partial charge in [-0.05, 0) is 31.9 Å². The van der Waals surface area contributed by atoms with E-state index in [1.165, 1.54) is 12.5 Å². The van der Waals surface area contributed by atoms with Crippen molar-refractivity contribution in [2.75, 3.05) is 13.1 Å². The van der Waals surface area contributed by atoms with Gasteiger partial charge in [0.2, 0.25) is 11.8 Å². The topological polar surface area (TPSA) is 34.1 Å². The minimum absolute atomic E-state index is 0. The zero-order valence-corrected chi connectivity index (χ0v) is 9.80. The number of hydrogen-bond donors (Lipinski definition) is 1. The van der Waals surface area contributed by atoms with Gasteiger partial charge in [0.25, 0.3) is 0 Å². The zero-order chi connectivity index (χ0) is 10.5. The van der Waals surface area contributed by atoms with Gasteiger partial charge in [-0.15, -0.1) is 12.4 Å². The third kappa shape index (κ3) is 3.94. The normalized spacial score (nSPS) is 20.7. The Morgan fingerprint density at radius 1 is 1.38 bits per heavy atom. The molecule has 0 aliphatic carbocycles. The molecule has 1 aliphatic rings.